The number of hydrogen-bond donors (Lipinski definition) is 4. The minimum Gasteiger partial charge on any atom is -0.480 e. The number of amides is 1. The van der Waals surface area contributed by atoms with Gasteiger partial charge in [-0.25, -0.2) is 18.2 Å². The van der Waals surface area contributed by atoms with Crippen molar-refractivity contribution >= 4 is 33.3 Å². The van der Waals surface area contributed by atoms with Gasteiger partial charge >= 0.3 is 5.97 Å². The number of aliphatic carboxylic acids is 1. The summed E-state index contributed by atoms with van der Waals surface area (Å²) in [6, 6.07) is 30.3. The third kappa shape index (κ3) is 10.7. The van der Waals surface area contributed by atoms with E-state index in [0.29, 0.717) is 48.8 Å². The second kappa shape index (κ2) is 16.7. The molecule has 1 amide bonds. The van der Waals surface area contributed by atoms with Crippen LogP contribution in [0.1, 0.15) is 40.8 Å². The Hall–Kier alpha value is -5.62. The smallest absolute Gasteiger partial charge is 0.326 e. The zero-order valence-corrected chi connectivity index (χ0v) is 28.8. The number of rotatable bonds is 17. The van der Waals surface area contributed by atoms with Crippen LogP contribution in [0, 0.1) is 6.92 Å². The van der Waals surface area contributed by atoms with E-state index >= 15 is 0 Å². The Balaban J connectivity index is 1.16. The zero-order chi connectivity index (χ0) is 35.5. The minimum absolute atomic E-state index is 0.138. The number of carboxylic acids is 1. The molecule has 1 aromatic heterocycles. The quantitative estimate of drug-likeness (QED) is 0.0894. The standard InChI is InChI=1S/C38H41N5O6S/c1-27-34(42-50(2,47)48)11-7-12-36(27)43(24-29-8-4-3-5-9-29)25-30-16-20-33(21-17-30)49-32-18-14-28(15-19-32)10-6-13-37(44)41-35(38(45)46)22-31-23-39-26-40-31/h3-5,7-9,11-12,14-21,23,26,35,42H,6,10,13,22,24-25H2,1-2H3,(H,39,40)(H,41,44)(H,45,46)/t35-/m1/s1. The average molecular weight is 696 g/mol. The number of aromatic nitrogens is 2. The van der Waals surface area contributed by atoms with Crippen molar-refractivity contribution in [2.24, 2.45) is 0 Å². The molecule has 4 aromatic carbocycles. The molecule has 11 nitrogen and oxygen atoms in total. The number of carbonyl (C=O) groups is 2. The molecule has 1 atom stereocenters. The van der Waals surface area contributed by atoms with Gasteiger partial charge in [-0.2, -0.15) is 0 Å². The average Bonchev–Trinajstić information content (AvgIpc) is 3.60. The monoisotopic (exact) mass is 695 g/mol. The molecule has 0 spiro atoms. The summed E-state index contributed by atoms with van der Waals surface area (Å²) in [5.74, 6) is -0.0354. The molecule has 0 fully saturated rings. The summed E-state index contributed by atoms with van der Waals surface area (Å²) < 4.78 is 32.7. The van der Waals surface area contributed by atoms with Crippen LogP contribution < -0.4 is 19.7 Å². The van der Waals surface area contributed by atoms with Gasteiger partial charge in [0.15, 0.2) is 0 Å². The van der Waals surface area contributed by atoms with Gasteiger partial charge in [-0.3, -0.25) is 9.52 Å². The summed E-state index contributed by atoms with van der Waals surface area (Å²) in [4.78, 5) is 32.9. The molecule has 0 radical (unpaired) electrons. The lowest BCUT2D eigenvalue weighted by Gasteiger charge is -2.28. The van der Waals surface area contributed by atoms with Crippen LogP contribution in [0.4, 0.5) is 11.4 Å². The lowest BCUT2D eigenvalue weighted by Crippen LogP contribution is -2.42. The van der Waals surface area contributed by atoms with Crippen molar-refractivity contribution in [3.63, 3.8) is 0 Å². The first-order valence-electron chi connectivity index (χ1n) is 16.2. The number of aromatic amines is 1. The van der Waals surface area contributed by atoms with Gasteiger partial charge < -0.3 is 25.0 Å². The number of imidazole rings is 1. The van der Waals surface area contributed by atoms with E-state index in [0.717, 1.165) is 34.2 Å². The van der Waals surface area contributed by atoms with Gasteiger partial charge in [0.1, 0.15) is 17.5 Å². The zero-order valence-electron chi connectivity index (χ0n) is 28.0. The lowest BCUT2D eigenvalue weighted by molar-refractivity contribution is -0.141. The van der Waals surface area contributed by atoms with Crippen LogP contribution in [0.25, 0.3) is 0 Å². The normalized spacial score (nSPS) is 11.8. The van der Waals surface area contributed by atoms with Gasteiger partial charge in [0.2, 0.25) is 15.9 Å². The number of nitrogens with zero attached hydrogens (tertiary/aromatic N) is 2. The Bertz CT molecular complexity index is 1970. The second-order valence-electron chi connectivity index (χ2n) is 12.1. The SMILES string of the molecule is Cc1c(NS(C)(=O)=O)cccc1N(Cc1ccccc1)Cc1ccc(Oc2ccc(CCCC(=O)N[C@H](Cc3cnc[nH]3)C(=O)O)cc2)cc1. The number of H-pyrrole nitrogens is 1. The van der Waals surface area contributed by atoms with Crippen LogP contribution in [0.2, 0.25) is 0 Å². The van der Waals surface area contributed by atoms with Crippen LogP contribution in [0.3, 0.4) is 0 Å². The van der Waals surface area contributed by atoms with Gasteiger partial charge in [0.05, 0.1) is 18.3 Å². The van der Waals surface area contributed by atoms with Crippen molar-refractivity contribution in [2.45, 2.75) is 51.7 Å². The molecule has 5 aromatic rings. The summed E-state index contributed by atoms with van der Waals surface area (Å²) in [5.41, 5.74) is 6.19. The molecule has 0 saturated carbocycles. The van der Waals surface area contributed by atoms with Crippen molar-refractivity contribution < 1.29 is 27.9 Å². The van der Waals surface area contributed by atoms with Crippen molar-refractivity contribution in [3.8, 4) is 11.5 Å². The Kier molecular flexibility index (Phi) is 11.9. The van der Waals surface area contributed by atoms with Crippen LogP contribution >= 0.6 is 0 Å². The molecule has 0 unspecified atom stereocenters. The molecule has 0 aliphatic rings. The van der Waals surface area contributed by atoms with Gasteiger partial charge in [-0.1, -0.05) is 60.7 Å². The topological polar surface area (TPSA) is 154 Å². The summed E-state index contributed by atoms with van der Waals surface area (Å²) in [6.07, 6.45) is 5.74. The molecule has 0 saturated heterocycles. The predicted molar refractivity (Wildman–Crippen MR) is 194 cm³/mol. The summed E-state index contributed by atoms with van der Waals surface area (Å²) in [5, 5.41) is 12.1. The fourth-order valence-electron chi connectivity index (χ4n) is 5.59. The van der Waals surface area contributed by atoms with E-state index in [1.165, 1.54) is 6.33 Å². The maximum Gasteiger partial charge on any atom is 0.326 e. The van der Waals surface area contributed by atoms with E-state index in [1.807, 2.05) is 85.8 Å². The molecule has 12 heteroatoms. The van der Waals surface area contributed by atoms with Crippen LogP contribution in [0.5, 0.6) is 11.5 Å². The Morgan fingerprint density at radius 1 is 0.880 bits per heavy atom. The highest BCUT2D eigenvalue weighted by Crippen LogP contribution is 2.31. The molecule has 0 aliphatic heterocycles. The number of nitrogens with one attached hydrogen (secondary N) is 3. The Morgan fingerprint density at radius 3 is 2.12 bits per heavy atom. The molecule has 50 heavy (non-hydrogen) atoms. The van der Waals surface area contributed by atoms with E-state index in [-0.39, 0.29) is 18.7 Å². The largest absolute Gasteiger partial charge is 0.480 e. The van der Waals surface area contributed by atoms with Gasteiger partial charge in [-0.05, 0) is 78.4 Å². The molecular weight excluding hydrogens is 655 g/mol. The molecule has 5 rings (SSSR count). The maximum atomic E-state index is 12.4. The number of carbonyl (C=O) groups excluding carboxylic acids is 1. The van der Waals surface area contributed by atoms with Gasteiger partial charge in [0, 0.05) is 43.5 Å². The highest BCUT2D eigenvalue weighted by atomic mass is 32.2. The highest BCUT2D eigenvalue weighted by Gasteiger charge is 2.21. The van der Waals surface area contributed by atoms with Crippen molar-refractivity contribution in [1.82, 2.24) is 15.3 Å². The second-order valence-corrected chi connectivity index (χ2v) is 13.9. The molecule has 1 heterocycles. The number of anilines is 2. The maximum absolute atomic E-state index is 12.4. The van der Waals surface area contributed by atoms with Crippen molar-refractivity contribution in [3.05, 3.63) is 138 Å². The van der Waals surface area contributed by atoms with E-state index < -0.39 is 22.0 Å². The number of aryl methyl sites for hydroxylation is 1. The summed E-state index contributed by atoms with van der Waals surface area (Å²) >= 11 is 0. The Labute approximate surface area is 292 Å². The first-order chi connectivity index (χ1) is 24.0. The van der Waals surface area contributed by atoms with Crippen molar-refractivity contribution in [1.29, 1.82) is 0 Å². The van der Waals surface area contributed by atoms with E-state index in [9.17, 15) is 23.1 Å². The predicted octanol–water partition coefficient (Wildman–Crippen LogP) is 6.22. The third-order valence-electron chi connectivity index (χ3n) is 8.09. The first kappa shape index (κ1) is 35.7. The molecule has 260 valence electrons. The van der Waals surface area contributed by atoms with Crippen molar-refractivity contribution in [2.75, 3.05) is 15.9 Å². The number of sulfonamides is 1. The van der Waals surface area contributed by atoms with Crippen LogP contribution in [-0.4, -0.2) is 47.7 Å². The van der Waals surface area contributed by atoms with Gasteiger partial charge in [0.25, 0.3) is 0 Å². The number of benzene rings is 4. The lowest BCUT2D eigenvalue weighted by atomic mass is 10.1. The summed E-state index contributed by atoms with van der Waals surface area (Å²) in [7, 11) is -3.43. The minimum atomic E-state index is -3.43. The van der Waals surface area contributed by atoms with E-state index in [1.54, 1.807) is 12.3 Å². The van der Waals surface area contributed by atoms with Crippen LogP contribution in [-0.2, 0) is 45.5 Å². The van der Waals surface area contributed by atoms with E-state index in [4.69, 9.17) is 4.74 Å². The van der Waals surface area contributed by atoms with Gasteiger partial charge in [-0.15, -0.1) is 0 Å². The highest BCUT2D eigenvalue weighted by molar-refractivity contribution is 7.92. The molecular formula is C38H41N5O6S. The summed E-state index contributed by atoms with van der Waals surface area (Å²) in [6.45, 7) is 3.14. The number of carboxylic acid groups (broad SMARTS) is 1. The number of ether oxygens (including phenoxy) is 1. The molecule has 0 bridgehead atoms. The third-order valence-corrected chi connectivity index (χ3v) is 8.69. The fourth-order valence-corrected chi connectivity index (χ4v) is 6.21. The van der Waals surface area contributed by atoms with Crippen LogP contribution in [0.15, 0.2) is 110 Å². The number of hydrogen-bond acceptors (Lipinski definition) is 7. The van der Waals surface area contributed by atoms with E-state index in [2.05, 4.69) is 37.0 Å². The first-order valence-corrected chi connectivity index (χ1v) is 18.1. The fraction of sp³-hybridized carbons (Fsp3) is 0.237. The molecule has 4 N–H and O–H groups in total. The molecule has 0 aliphatic carbocycles. The Morgan fingerprint density at radius 2 is 1.52 bits per heavy atom.